The lowest BCUT2D eigenvalue weighted by Crippen LogP contribution is -2.06. The Morgan fingerprint density at radius 2 is 2.22 bits per heavy atom. The average Bonchev–Trinajstić information content (AvgIpc) is 2.92. The van der Waals surface area contributed by atoms with Crippen molar-refractivity contribution in [3.8, 4) is 10.6 Å². The van der Waals surface area contributed by atoms with Crippen LogP contribution in [0.3, 0.4) is 0 Å². The van der Waals surface area contributed by atoms with Gasteiger partial charge in [-0.2, -0.15) is 5.10 Å². The highest BCUT2D eigenvalue weighted by molar-refractivity contribution is 7.13. The summed E-state index contributed by atoms with van der Waals surface area (Å²) in [6, 6.07) is 7.51. The van der Waals surface area contributed by atoms with E-state index in [1.807, 2.05) is 23.6 Å². The van der Waals surface area contributed by atoms with Crippen molar-refractivity contribution in [1.82, 2.24) is 14.6 Å². The first-order valence-corrected chi connectivity index (χ1v) is 6.18. The summed E-state index contributed by atoms with van der Waals surface area (Å²) in [5.74, 6) is -1.02. The summed E-state index contributed by atoms with van der Waals surface area (Å²) < 4.78 is 1.38. The third-order valence-electron chi connectivity index (χ3n) is 2.63. The average molecular weight is 259 g/mol. The van der Waals surface area contributed by atoms with Gasteiger partial charge in [0.25, 0.3) is 0 Å². The molecule has 0 unspecified atom stereocenters. The number of aryl methyl sites for hydroxylation is 1. The first-order chi connectivity index (χ1) is 8.66. The number of fused-ring (bicyclic) bond motifs is 1. The molecular formula is C12H9N3O2S. The number of rotatable bonds is 2. The number of nitrogens with zero attached hydrogens (tertiary/aromatic N) is 3. The number of hydrogen-bond donors (Lipinski definition) is 1. The van der Waals surface area contributed by atoms with E-state index in [9.17, 15) is 9.90 Å². The number of carboxylic acid groups (broad SMARTS) is 1. The molecule has 3 aromatic rings. The molecule has 6 heteroatoms. The Morgan fingerprint density at radius 3 is 2.89 bits per heavy atom. The maximum absolute atomic E-state index is 11.2. The van der Waals surface area contributed by atoms with Crippen LogP contribution in [0.2, 0.25) is 0 Å². The molecule has 0 fully saturated rings. The maximum Gasteiger partial charge on any atom is 0.356 e. The molecule has 3 aromatic heterocycles. The number of imidazole rings is 1. The summed E-state index contributed by atoms with van der Waals surface area (Å²) in [6.45, 7) is 1.67. The molecule has 0 saturated carbocycles. The minimum Gasteiger partial charge on any atom is -0.476 e. The first kappa shape index (κ1) is 10.9. The molecule has 0 aliphatic heterocycles. The number of carboxylic acids is 1. The predicted octanol–water partition coefficient (Wildman–Crippen LogP) is 2.46. The van der Waals surface area contributed by atoms with Gasteiger partial charge in [-0.25, -0.2) is 14.3 Å². The lowest BCUT2D eigenvalue weighted by atomic mass is 10.3. The smallest absolute Gasteiger partial charge is 0.356 e. The normalized spacial score (nSPS) is 10.9. The topological polar surface area (TPSA) is 67.5 Å². The lowest BCUT2D eigenvalue weighted by Gasteiger charge is -2.00. The lowest BCUT2D eigenvalue weighted by molar-refractivity contribution is 0.0687. The van der Waals surface area contributed by atoms with Gasteiger partial charge in [-0.1, -0.05) is 6.07 Å². The summed E-state index contributed by atoms with van der Waals surface area (Å²) in [7, 11) is 0. The van der Waals surface area contributed by atoms with E-state index >= 15 is 0 Å². The minimum atomic E-state index is -1.02. The van der Waals surface area contributed by atoms with Crippen molar-refractivity contribution in [2.24, 2.45) is 0 Å². The van der Waals surface area contributed by atoms with Gasteiger partial charge in [0, 0.05) is 0 Å². The molecular weight excluding hydrogens is 250 g/mol. The van der Waals surface area contributed by atoms with Crippen molar-refractivity contribution in [1.29, 1.82) is 0 Å². The van der Waals surface area contributed by atoms with Crippen LogP contribution in [0.5, 0.6) is 0 Å². The summed E-state index contributed by atoms with van der Waals surface area (Å²) in [4.78, 5) is 16.4. The Hall–Kier alpha value is -2.21. The molecule has 0 atom stereocenters. The monoisotopic (exact) mass is 259 g/mol. The van der Waals surface area contributed by atoms with Crippen molar-refractivity contribution in [3.05, 3.63) is 41.0 Å². The molecule has 0 aliphatic rings. The van der Waals surface area contributed by atoms with Crippen molar-refractivity contribution >= 4 is 23.0 Å². The highest BCUT2D eigenvalue weighted by Crippen LogP contribution is 2.23. The zero-order chi connectivity index (χ0) is 12.7. The van der Waals surface area contributed by atoms with Gasteiger partial charge in [-0.3, -0.25) is 0 Å². The molecule has 90 valence electrons. The van der Waals surface area contributed by atoms with E-state index in [0.717, 1.165) is 10.6 Å². The number of thiophene rings is 1. The number of aromatic carboxylic acids is 1. The van der Waals surface area contributed by atoms with E-state index in [4.69, 9.17) is 0 Å². The Kier molecular flexibility index (Phi) is 2.38. The van der Waals surface area contributed by atoms with Gasteiger partial charge < -0.3 is 5.11 Å². The molecule has 0 bridgehead atoms. The second kappa shape index (κ2) is 3.92. The molecule has 0 spiro atoms. The molecule has 0 radical (unpaired) electrons. The van der Waals surface area contributed by atoms with Crippen LogP contribution in [0.4, 0.5) is 0 Å². The zero-order valence-electron chi connectivity index (χ0n) is 9.49. The minimum absolute atomic E-state index is 0.114. The van der Waals surface area contributed by atoms with Crippen molar-refractivity contribution in [2.75, 3.05) is 0 Å². The van der Waals surface area contributed by atoms with Gasteiger partial charge in [-0.05, 0) is 30.5 Å². The zero-order valence-corrected chi connectivity index (χ0v) is 10.3. The molecule has 18 heavy (non-hydrogen) atoms. The predicted molar refractivity (Wildman–Crippen MR) is 68.0 cm³/mol. The fourth-order valence-electron chi connectivity index (χ4n) is 1.84. The molecule has 0 aliphatic carbocycles. The second-order valence-electron chi connectivity index (χ2n) is 3.82. The van der Waals surface area contributed by atoms with E-state index in [1.165, 1.54) is 4.52 Å². The van der Waals surface area contributed by atoms with Crippen LogP contribution in [-0.2, 0) is 0 Å². The number of aromatic nitrogens is 3. The quantitative estimate of drug-likeness (QED) is 0.767. The van der Waals surface area contributed by atoms with Crippen LogP contribution in [-0.4, -0.2) is 25.7 Å². The Labute approximate surface area is 106 Å². The summed E-state index contributed by atoms with van der Waals surface area (Å²) in [6.07, 6.45) is 0. The SMILES string of the molecule is Cc1nc2ccc(-c3cccs3)nn2c1C(=O)O. The van der Waals surface area contributed by atoms with Crippen molar-refractivity contribution in [3.63, 3.8) is 0 Å². The van der Waals surface area contributed by atoms with E-state index < -0.39 is 5.97 Å². The fraction of sp³-hybridized carbons (Fsp3) is 0.0833. The second-order valence-corrected chi connectivity index (χ2v) is 4.76. The van der Waals surface area contributed by atoms with Gasteiger partial charge in [0.05, 0.1) is 10.6 Å². The first-order valence-electron chi connectivity index (χ1n) is 5.30. The van der Waals surface area contributed by atoms with Crippen LogP contribution in [0.25, 0.3) is 16.2 Å². The summed E-state index contributed by atoms with van der Waals surface area (Å²) >= 11 is 1.56. The van der Waals surface area contributed by atoms with Crippen LogP contribution in [0.15, 0.2) is 29.6 Å². The summed E-state index contributed by atoms with van der Waals surface area (Å²) in [5, 5.41) is 15.5. The van der Waals surface area contributed by atoms with E-state index in [-0.39, 0.29) is 5.69 Å². The van der Waals surface area contributed by atoms with Crippen molar-refractivity contribution in [2.45, 2.75) is 6.92 Å². The largest absolute Gasteiger partial charge is 0.476 e. The van der Waals surface area contributed by atoms with Gasteiger partial charge in [-0.15, -0.1) is 11.3 Å². The Morgan fingerprint density at radius 1 is 1.39 bits per heavy atom. The molecule has 0 saturated heterocycles. The van der Waals surface area contributed by atoms with E-state index in [2.05, 4.69) is 10.1 Å². The highest BCUT2D eigenvalue weighted by atomic mass is 32.1. The van der Waals surface area contributed by atoms with Gasteiger partial charge in [0.1, 0.15) is 5.69 Å². The van der Waals surface area contributed by atoms with Gasteiger partial charge >= 0.3 is 5.97 Å². The highest BCUT2D eigenvalue weighted by Gasteiger charge is 2.17. The Bertz CT molecular complexity index is 731. The van der Waals surface area contributed by atoms with Crippen LogP contribution in [0.1, 0.15) is 16.2 Å². The summed E-state index contributed by atoms with van der Waals surface area (Å²) in [5.41, 5.74) is 1.88. The molecule has 0 amide bonds. The van der Waals surface area contributed by atoms with Crippen LogP contribution < -0.4 is 0 Å². The third-order valence-corrected chi connectivity index (χ3v) is 3.52. The molecule has 3 rings (SSSR count). The molecule has 3 heterocycles. The van der Waals surface area contributed by atoms with E-state index in [0.29, 0.717) is 11.3 Å². The number of carbonyl (C=O) groups is 1. The van der Waals surface area contributed by atoms with E-state index in [1.54, 1.807) is 24.3 Å². The van der Waals surface area contributed by atoms with Crippen LogP contribution >= 0.6 is 11.3 Å². The van der Waals surface area contributed by atoms with Crippen molar-refractivity contribution < 1.29 is 9.90 Å². The molecule has 1 N–H and O–H groups in total. The number of hydrogen-bond acceptors (Lipinski definition) is 4. The Balaban J connectivity index is 2.28. The third kappa shape index (κ3) is 1.58. The van der Waals surface area contributed by atoms with Gasteiger partial charge in [0.15, 0.2) is 11.3 Å². The fourth-order valence-corrected chi connectivity index (χ4v) is 2.54. The molecule has 0 aromatic carbocycles. The van der Waals surface area contributed by atoms with Crippen LogP contribution in [0, 0.1) is 6.92 Å². The molecule has 5 nitrogen and oxygen atoms in total. The van der Waals surface area contributed by atoms with Gasteiger partial charge in [0.2, 0.25) is 0 Å². The standard InChI is InChI=1S/C12H9N3O2S/c1-7-11(12(16)17)15-10(13-7)5-4-8(14-15)9-3-2-6-18-9/h2-6H,1H3,(H,16,17). The maximum atomic E-state index is 11.2.